The number of aryl methyl sites for hydroxylation is 1. The second-order valence-corrected chi connectivity index (χ2v) is 5.70. The highest BCUT2D eigenvalue weighted by Gasteiger charge is 2.21. The van der Waals surface area contributed by atoms with Gasteiger partial charge in [0.15, 0.2) is 11.3 Å². The minimum atomic E-state index is -0.136. The van der Waals surface area contributed by atoms with E-state index in [2.05, 4.69) is 25.9 Å². The molecule has 102 valence electrons. The minimum Gasteiger partial charge on any atom is -0.451 e. The first-order valence-corrected chi connectivity index (χ1v) is 7.22. The van der Waals surface area contributed by atoms with Gasteiger partial charge in [-0.25, -0.2) is 4.98 Å². The maximum absolute atomic E-state index is 12.4. The van der Waals surface area contributed by atoms with Gasteiger partial charge in [0.2, 0.25) is 5.43 Å². The Kier molecular flexibility index (Phi) is 2.59. The highest BCUT2D eigenvalue weighted by atomic mass is 79.9. The zero-order valence-electron chi connectivity index (χ0n) is 11.1. The highest BCUT2D eigenvalue weighted by Crippen LogP contribution is 2.34. The molecule has 0 saturated heterocycles. The van der Waals surface area contributed by atoms with E-state index in [1.165, 1.54) is 0 Å². The van der Waals surface area contributed by atoms with E-state index in [0.29, 0.717) is 32.4 Å². The Bertz CT molecular complexity index is 1040. The van der Waals surface area contributed by atoms with Gasteiger partial charge in [-0.05, 0) is 52.7 Å². The molecule has 2 heterocycles. The van der Waals surface area contributed by atoms with E-state index in [9.17, 15) is 4.79 Å². The predicted molar refractivity (Wildman–Crippen MR) is 84.6 cm³/mol. The highest BCUT2D eigenvalue weighted by molar-refractivity contribution is 9.10. The lowest BCUT2D eigenvalue weighted by molar-refractivity contribution is 0.610. The summed E-state index contributed by atoms with van der Waals surface area (Å²) in [7, 11) is 0. The molecule has 0 unspecified atom stereocenters. The van der Waals surface area contributed by atoms with Crippen LogP contribution in [0.2, 0.25) is 0 Å². The van der Waals surface area contributed by atoms with Crippen LogP contribution in [-0.4, -0.2) is 9.97 Å². The van der Waals surface area contributed by atoms with Crippen LogP contribution in [0, 0.1) is 6.92 Å². The Morgan fingerprint density at radius 2 is 2.10 bits per heavy atom. The number of halogens is 1. The number of rotatable bonds is 0. The fourth-order valence-electron chi connectivity index (χ4n) is 2.44. The first-order chi connectivity index (χ1) is 10.1. The molecular formula is C16H9BrN2O2. The molecule has 4 rings (SSSR count). The van der Waals surface area contributed by atoms with E-state index >= 15 is 0 Å². The Morgan fingerprint density at radius 1 is 1.24 bits per heavy atom. The van der Waals surface area contributed by atoms with Gasteiger partial charge in [-0.2, -0.15) is 0 Å². The standard InChI is InChI=1S/C16H9BrN2O2/c1-8-4-5-11-10(7-8)19-14-13-9(3-2-6-18-13)15(20)12(17)16(14)21-11/h2-7H,1H3. The average Bonchev–Trinajstić information content (AvgIpc) is 2.51. The molecule has 0 spiro atoms. The van der Waals surface area contributed by atoms with Gasteiger partial charge in [0.05, 0.1) is 5.39 Å². The quantitative estimate of drug-likeness (QED) is 0.359. The molecule has 0 atom stereocenters. The van der Waals surface area contributed by atoms with Gasteiger partial charge in [-0.15, -0.1) is 0 Å². The summed E-state index contributed by atoms with van der Waals surface area (Å²) in [5.74, 6) is 0.433. The van der Waals surface area contributed by atoms with E-state index in [1.807, 2.05) is 25.1 Å². The van der Waals surface area contributed by atoms with Crippen LogP contribution in [-0.2, 0) is 0 Å². The second-order valence-electron chi connectivity index (χ2n) is 4.91. The van der Waals surface area contributed by atoms with Crippen LogP contribution in [0.15, 0.2) is 50.2 Å². The van der Waals surface area contributed by atoms with Gasteiger partial charge in [0, 0.05) is 6.20 Å². The fourth-order valence-corrected chi connectivity index (χ4v) is 2.92. The monoisotopic (exact) mass is 340 g/mol. The molecule has 4 nitrogen and oxygen atoms in total. The van der Waals surface area contributed by atoms with Crippen molar-refractivity contribution in [3.8, 4) is 11.5 Å². The number of nitrogens with zero attached hydrogens (tertiary/aromatic N) is 2. The van der Waals surface area contributed by atoms with Crippen LogP contribution >= 0.6 is 15.9 Å². The van der Waals surface area contributed by atoms with Crippen LogP contribution in [0.1, 0.15) is 5.56 Å². The summed E-state index contributed by atoms with van der Waals surface area (Å²) < 4.78 is 6.25. The zero-order chi connectivity index (χ0) is 14.6. The molecule has 21 heavy (non-hydrogen) atoms. The van der Waals surface area contributed by atoms with Gasteiger partial charge < -0.3 is 4.42 Å². The summed E-state index contributed by atoms with van der Waals surface area (Å²) in [4.78, 5) is 21.3. The Balaban J connectivity index is 2.30. The second kappa shape index (κ2) is 4.36. The molecule has 5 heteroatoms. The molecule has 0 bridgehead atoms. The van der Waals surface area contributed by atoms with Gasteiger partial charge in [0.25, 0.3) is 0 Å². The first kappa shape index (κ1) is 12.5. The van der Waals surface area contributed by atoms with E-state index in [1.54, 1.807) is 18.3 Å². The van der Waals surface area contributed by atoms with Crippen LogP contribution < -0.4 is 5.43 Å². The molecule has 1 aromatic carbocycles. The lowest BCUT2D eigenvalue weighted by Crippen LogP contribution is -2.08. The fraction of sp³-hybridized carbons (Fsp3) is 0.0625. The molecule has 0 fully saturated rings. The normalized spacial score (nSPS) is 11.5. The third kappa shape index (κ3) is 1.77. The number of hydrogen-bond donors (Lipinski definition) is 0. The number of benzene rings is 2. The number of aromatic nitrogens is 2. The van der Waals surface area contributed by atoms with Crippen molar-refractivity contribution < 1.29 is 4.42 Å². The van der Waals surface area contributed by atoms with Crippen molar-refractivity contribution in [2.75, 3.05) is 0 Å². The summed E-state index contributed by atoms with van der Waals surface area (Å²) >= 11 is 3.33. The molecule has 1 aromatic heterocycles. The maximum atomic E-state index is 12.4. The number of pyridine rings is 1. The predicted octanol–water partition coefficient (Wildman–Crippen LogP) is 3.91. The SMILES string of the molecule is Cc1ccc2oc3c(Br)c(=O)c4cccnc4c-3nc2c1. The Morgan fingerprint density at radius 3 is 2.95 bits per heavy atom. The van der Waals surface area contributed by atoms with Crippen molar-refractivity contribution in [1.29, 1.82) is 0 Å². The topological polar surface area (TPSA) is 56.0 Å². The molecule has 0 saturated carbocycles. The molecular weight excluding hydrogens is 332 g/mol. The van der Waals surface area contributed by atoms with Crippen molar-refractivity contribution in [1.82, 2.24) is 9.97 Å². The van der Waals surface area contributed by atoms with Gasteiger partial charge >= 0.3 is 0 Å². The summed E-state index contributed by atoms with van der Waals surface area (Å²) in [6, 6.07) is 9.24. The van der Waals surface area contributed by atoms with Crippen molar-refractivity contribution in [3.63, 3.8) is 0 Å². The lowest BCUT2D eigenvalue weighted by atomic mass is 10.1. The number of fused-ring (bicyclic) bond motifs is 4. The number of hydrogen-bond acceptors (Lipinski definition) is 4. The smallest absolute Gasteiger partial charge is 0.206 e. The Hall–Kier alpha value is -2.27. The summed E-state index contributed by atoms with van der Waals surface area (Å²) in [5.41, 5.74) is 3.51. The third-order valence-corrected chi connectivity index (χ3v) is 4.17. The molecule has 2 aromatic rings. The minimum absolute atomic E-state index is 0.136. The summed E-state index contributed by atoms with van der Waals surface area (Å²) in [6.07, 6.45) is 1.65. The van der Waals surface area contributed by atoms with Crippen LogP contribution in [0.5, 0.6) is 0 Å². The van der Waals surface area contributed by atoms with Crippen LogP contribution in [0.3, 0.4) is 0 Å². The summed E-state index contributed by atoms with van der Waals surface area (Å²) in [6.45, 7) is 2.00. The lowest BCUT2D eigenvalue weighted by Gasteiger charge is -2.10. The molecule has 1 aliphatic heterocycles. The molecule has 0 amide bonds. The average molecular weight is 341 g/mol. The van der Waals surface area contributed by atoms with Crippen molar-refractivity contribution in [3.05, 3.63) is 56.8 Å². The van der Waals surface area contributed by atoms with E-state index in [-0.39, 0.29) is 5.43 Å². The summed E-state index contributed by atoms with van der Waals surface area (Å²) in [5, 5.41) is 0.534. The first-order valence-electron chi connectivity index (χ1n) is 6.42. The van der Waals surface area contributed by atoms with Crippen LogP contribution in [0.4, 0.5) is 0 Å². The van der Waals surface area contributed by atoms with Crippen molar-refractivity contribution in [2.45, 2.75) is 6.92 Å². The molecule has 2 aliphatic rings. The largest absolute Gasteiger partial charge is 0.451 e. The molecule has 0 N–H and O–H groups in total. The maximum Gasteiger partial charge on any atom is 0.206 e. The van der Waals surface area contributed by atoms with E-state index in [0.717, 1.165) is 11.1 Å². The van der Waals surface area contributed by atoms with Gasteiger partial charge in [-0.3, -0.25) is 9.78 Å². The van der Waals surface area contributed by atoms with Crippen LogP contribution in [0.25, 0.3) is 33.5 Å². The zero-order valence-corrected chi connectivity index (χ0v) is 12.6. The molecule has 1 aliphatic carbocycles. The van der Waals surface area contributed by atoms with Gasteiger partial charge in [-0.1, -0.05) is 6.07 Å². The third-order valence-electron chi connectivity index (χ3n) is 3.45. The van der Waals surface area contributed by atoms with Crippen molar-refractivity contribution >= 4 is 37.9 Å². The van der Waals surface area contributed by atoms with E-state index < -0.39 is 0 Å². The van der Waals surface area contributed by atoms with Crippen molar-refractivity contribution in [2.24, 2.45) is 0 Å². The van der Waals surface area contributed by atoms with E-state index in [4.69, 9.17) is 4.42 Å². The molecule has 0 radical (unpaired) electrons. The van der Waals surface area contributed by atoms with Gasteiger partial charge in [0.1, 0.15) is 21.2 Å². The Labute approximate surface area is 127 Å².